The first-order valence-electron chi connectivity index (χ1n) is 6.56. The van der Waals surface area contributed by atoms with Gasteiger partial charge in [-0.15, -0.1) is 0 Å². The summed E-state index contributed by atoms with van der Waals surface area (Å²) < 4.78 is 10.2. The van der Waals surface area contributed by atoms with Gasteiger partial charge in [-0.2, -0.15) is 0 Å². The summed E-state index contributed by atoms with van der Waals surface area (Å²) in [6.45, 7) is 2.23. The normalized spacial score (nSPS) is 15.2. The number of aromatic hydroxyl groups is 1. The number of methoxy groups -OCH3 is 1. The maximum atomic E-state index is 12.0. The fourth-order valence-electron chi connectivity index (χ4n) is 2.05. The molecule has 1 aliphatic heterocycles. The Balaban J connectivity index is 2.16. The monoisotopic (exact) mass is 291 g/mol. The van der Waals surface area contributed by atoms with Crippen molar-refractivity contribution in [3.63, 3.8) is 0 Å². The molecule has 1 fully saturated rings. The summed E-state index contributed by atoms with van der Waals surface area (Å²) >= 11 is 0. The molecule has 21 heavy (non-hydrogen) atoms. The van der Waals surface area contributed by atoms with Gasteiger partial charge >= 0.3 is 0 Å². The molecule has 1 saturated heterocycles. The Bertz CT molecular complexity index is 561. The van der Waals surface area contributed by atoms with Gasteiger partial charge in [-0.1, -0.05) is 0 Å². The molecule has 1 heterocycles. The number of benzene rings is 1. The summed E-state index contributed by atoms with van der Waals surface area (Å²) in [6, 6.07) is 3.05. The number of morpholine rings is 1. The third kappa shape index (κ3) is 3.61. The molecule has 1 aromatic carbocycles. The first-order valence-corrected chi connectivity index (χ1v) is 6.56. The zero-order chi connectivity index (χ0) is 15.2. The molecule has 0 bridgehead atoms. The molecule has 6 heteroatoms. The lowest BCUT2D eigenvalue weighted by Gasteiger charge is -2.25. The number of hydrogen-bond acceptors (Lipinski definition) is 5. The van der Waals surface area contributed by atoms with E-state index in [1.807, 2.05) is 0 Å². The van der Waals surface area contributed by atoms with Crippen molar-refractivity contribution in [2.45, 2.75) is 0 Å². The molecule has 1 amide bonds. The Morgan fingerprint density at radius 1 is 1.38 bits per heavy atom. The lowest BCUT2D eigenvalue weighted by molar-refractivity contribution is -0.129. The van der Waals surface area contributed by atoms with Crippen molar-refractivity contribution in [1.82, 2.24) is 4.90 Å². The zero-order valence-electron chi connectivity index (χ0n) is 11.7. The standard InChI is InChI=1S/C15H17NO5/c1-20-13-9-11(8-12(10-17)15(13)19)2-3-14(18)16-4-6-21-7-5-16/h2-3,8-10,19H,4-7H2,1H3. The number of ether oxygens (including phenoxy) is 2. The van der Waals surface area contributed by atoms with Crippen molar-refractivity contribution in [1.29, 1.82) is 0 Å². The first kappa shape index (κ1) is 15.1. The van der Waals surface area contributed by atoms with Crippen LogP contribution in [0.3, 0.4) is 0 Å². The lowest BCUT2D eigenvalue weighted by atomic mass is 10.1. The number of rotatable bonds is 4. The van der Waals surface area contributed by atoms with Crippen LogP contribution in [-0.2, 0) is 9.53 Å². The number of amides is 1. The molecule has 6 nitrogen and oxygen atoms in total. The fraction of sp³-hybridized carbons (Fsp3) is 0.333. The summed E-state index contributed by atoms with van der Waals surface area (Å²) in [7, 11) is 1.40. The smallest absolute Gasteiger partial charge is 0.246 e. The second-order valence-electron chi connectivity index (χ2n) is 4.55. The Labute approximate surface area is 122 Å². The van der Waals surface area contributed by atoms with Crippen LogP contribution in [-0.4, -0.2) is 55.6 Å². The highest BCUT2D eigenvalue weighted by molar-refractivity contribution is 5.92. The van der Waals surface area contributed by atoms with Crippen LogP contribution in [0.15, 0.2) is 18.2 Å². The second kappa shape index (κ2) is 6.90. The molecular formula is C15H17NO5. The Morgan fingerprint density at radius 2 is 2.10 bits per heavy atom. The molecule has 0 radical (unpaired) electrons. The molecule has 0 unspecified atom stereocenters. The number of carbonyl (C=O) groups is 2. The maximum Gasteiger partial charge on any atom is 0.246 e. The van der Waals surface area contributed by atoms with Gasteiger partial charge in [-0.05, 0) is 23.8 Å². The van der Waals surface area contributed by atoms with Gasteiger partial charge in [0.1, 0.15) is 0 Å². The average molecular weight is 291 g/mol. The van der Waals surface area contributed by atoms with Crippen LogP contribution in [0.2, 0.25) is 0 Å². The Morgan fingerprint density at radius 3 is 2.71 bits per heavy atom. The lowest BCUT2D eigenvalue weighted by Crippen LogP contribution is -2.39. The van der Waals surface area contributed by atoms with Gasteiger partial charge in [0.05, 0.1) is 25.9 Å². The van der Waals surface area contributed by atoms with Gasteiger partial charge in [-0.25, -0.2) is 0 Å². The fourth-order valence-corrected chi connectivity index (χ4v) is 2.05. The van der Waals surface area contributed by atoms with Crippen LogP contribution in [0.25, 0.3) is 6.08 Å². The number of phenols is 1. The highest BCUT2D eigenvalue weighted by Crippen LogP contribution is 2.30. The minimum atomic E-state index is -0.204. The van der Waals surface area contributed by atoms with E-state index in [9.17, 15) is 14.7 Å². The quantitative estimate of drug-likeness (QED) is 0.663. The molecule has 0 atom stereocenters. The highest BCUT2D eigenvalue weighted by atomic mass is 16.5. The molecule has 0 aromatic heterocycles. The molecule has 1 aliphatic rings. The summed E-state index contributed by atoms with van der Waals surface area (Å²) in [6.07, 6.45) is 3.57. The number of hydrogen-bond donors (Lipinski definition) is 1. The maximum absolute atomic E-state index is 12.0. The number of nitrogens with zero attached hydrogens (tertiary/aromatic N) is 1. The molecule has 0 saturated carbocycles. The van der Waals surface area contributed by atoms with Crippen molar-refractivity contribution in [3.8, 4) is 11.5 Å². The van der Waals surface area contributed by atoms with E-state index in [-0.39, 0.29) is 23.0 Å². The van der Waals surface area contributed by atoms with Crippen LogP contribution in [0, 0.1) is 0 Å². The van der Waals surface area contributed by atoms with Gasteiger partial charge in [-0.3, -0.25) is 9.59 Å². The Kier molecular flexibility index (Phi) is 4.94. The van der Waals surface area contributed by atoms with Gasteiger partial charge in [0.15, 0.2) is 17.8 Å². The average Bonchev–Trinajstić information content (AvgIpc) is 2.54. The predicted molar refractivity (Wildman–Crippen MR) is 76.5 cm³/mol. The topological polar surface area (TPSA) is 76.1 Å². The van der Waals surface area contributed by atoms with E-state index < -0.39 is 0 Å². The van der Waals surface area contributed by atoms with E-state index in [1.165, 1.54) is 19.3 Å². The van der Waals surface area contributed by atoms with Gasteiger partial charge < -0.3 is 19.5 Å². The van der Waals surface area contributed by atoms with E-state index in [1.54, 1.807) is 17.0 Å². The summed E-state index contributed by atoms with van der Waals surface area (Å²) in [5.41, 5.74) is 0.723. The molecule has 1 N–H and O–H groups in total. The zero-order valence-corrected chi connectivity index (χ0v) is 11.7. The summed E-state index contributed by atoms with van der Waals surface area (Å²) in [5.74, 6) is -0.125. The van der Waals surface area contributed by atoms with Crippen LogP contribution >= 0.6 is 0 Å². The molecular weight excluding hydrogens is 274 g/mol. The van der Waals surface area contributed by atoms with Crippen molar-refractivity contribution >= 4 is 18.3 Å². The van der Waals surface area contributed by atoms with E-state index in [2.05, 4.69) is 0 Å². The van der Waals surface area contributed by atoms with Crippen LogP contribution in [0.5, 0.6) is 11.5 Å². The van der Waals surface area contributed by atoms with Gasteiger partial charge in [0.25, 0.3) is 0 Å². The van der Waals surface area contributed by atoms with Crippen LogP contribution in [0.4, 0.5) is 0 Å². The van der Waals surface area contributed by atoms with E-state index in [4.69, 9.17) is 9.47 Å². The summed E-state index contributed by atoms with van der Waals surface area (Å²) in [4.78, 5) is 24.6. The van der Waals surface area contributed by atoms with Crippen LogP contribution in [0.1, 0.15) is 15.9 Å². The van der Waals surface area contributed by atoms with Gasteiger partial charge in [0.2, 0.25) is 5.91 Å². The SMILES string of the molecule is COc1cc(C=CC(=O)N2CCOCC2)cc(C=O)c1O. The van der Waals surface area contributed by atoms with Gasteiger partial charge in [0, 0.05) is 19.2 Å². The van der Waals surface area contributed by atoms with Crippen molar-refractivity contribution in [2.24, 2.45) is 0 Å². The van der Waals surface area contributed by atoms with Crippen molar-refractivity contribution in [2.75, 3.05) is 33.4 Å². The van der Waals surface area contributed by atoms with Crippen LogP contribution < -0.4 is 4.74 Å². The first-order chi connectivity index (χ1) is 10.2. The Hall–Kier alpha value is -2.34. The second-order valence-corrected chi connectivity index (χ2v) is 4.55. The predicted octanol–water partition coefficient (Wildman–Crippen LogP) is 1.09. The molecule has 112 valence electrons. The molecule has 0 aliphatic carbocycles. The molecule has 1 aromatic rings. The summed E-state index contributed by atoms with van der Waals surface area (Å²) in [5, 5.41) is 9.73. The van der Waals surface area contributed by atoms with E-state index >= 15 is 0 Å². The minimum absolute atomic E-state index is 0.113. The van der Waals surface area contributed by atoms with Crippen molar-refractivity contribution < 1.29 is 24.2 Å². The number of aldehydes is 1. The molecule has 2 rings (SSSR count). The number of carbonyl (C=O) groups excluding carboxylic acids is 2. The van der Waals surface area contributed by atoms with Crippen molar-refractivity contribution in [3.05, 3.63) is 29.3 Å². The largest absolute Gasteiger partial charge is 0.504 e. The number of phenolic OH excluding ortho intramolecular Hbond substituents is 1. The van der Waals surface area contributed by atoms with E-state index in [0.29, 0.717) is 38.2 Å². The third-order valence-corrected chi connectivity index (χ3v) is 3.21. The third-order valence-electron chi connectivity index (χ3n) is 3.21. The highest BCUT2D eigenvalue weighted by Gasteiger charge is 2.14. The van der Waals surface area contributed by atoms with E-state index in [0.717, 1.165) is 0 Å². The molecule has 0 spiro atoms. The minimum Gasteiger partial charge on any atom is -0.504 e.